The zero-order valence-corrected chi connectivity index (χ0v) is 24.6. The summed E-state index contributed by atoms with van der Waals surface area (Å²) >= 11 is 1.54. The molecule has 0 saturated carbocycles. The van der Waals surface area contributed by atoms with Crippen molar-refractivity contribution in [2.24, 2.45) is 0 Å². The van der Waals surface area contributed by atoms with Gasteiger partial charge in [0.15, 0.2) is 0 Å². The fourth-order valence-corrected chi connectivity index (χ4v) is 6.13. The number of fused-ring (bicyclic) bond motifs is 1. The minimum Gasteiger partial charge on any atom is -0.496 e. The van der Waals surface area contributed by atoms with E-state index < -0.39 is 0 Å². The number of aromatic nitrogens is 2. The molecular weight excluding hydrogens is 512 g/mol. The number of aryl methyl sites for hydroxylation is 2. The molecule has 0 spiro atoms. The molecule has 2 aromatic carbocycles. The lowest BCUT2D eigenvalue weighted by atomic mass is 9.87. The molecule has 1 atom stereocenters. The van der Waals surface area contributed by atoms with Crippen LogP contribution in [0.2, 0.25) is 0 Å². The number of amides is 2. The van der Waals surface area contributed by atoms with Crippen molar-refractivity contribution >= 4 is 29.4 Å². The molecule has 3 aromatic rings. The first-order chi connectivity index (χ1) is 18.6. The second kappa shape index (κ2) is 11.8. The van der Waals surface area contributed by atoms with Gasteiger partial charge in [-0.05, 0) is 31.5 Å². The Hall–Kier alpha value is -3.30. The fraction of sp³-hybridized carbons (Fsp3) is 0.433. The number of carbonyl (C=O) groups excluding carboxylic acids is 2. The Morgan fingerprint density at radius 2 is 1.90 bits per heavy atom. The second-order valence-corrected chi connectivity index (χ2v) is 11.9. The van der Waals surface area contributed by atoms with Crippen LogP contribution >= 0.6 is 11.8 Å². The molecule has 4 rings (SSSR count). The van der Waals surface area contributed by atoms with E-state index in [0.717, 1.165) is 39.4 Å². The molecule has 0 aliphatic carbocycles. The van der Waals surface area contributed by atoms with E-state index in [1.54, 1.807) is 19.1 Å². The quantitative estimate of drug-likeness (QED) is 0.409. The molecule has 2 heterocycles. The van der Waals surface area contributed by atoms with Crippen LogP contribution < -0.4 is 15.0 Å². The lowest BCUT2D eigenvalue weighted by Gasteiger charge is -2.25. The summed E-state index contributed by atoms with van der Waals surface area (Å²) in [5.41, 5.74) is 5.47. The van der Waals surface area contributed by atoms with Crippen molar-refractivity contribution in [1.82, 2.24) is 15.1 Å². The molecule has 1 aliphatic rings. The Balaban J connectivity index is 2.01. The van der Waals surface area contributed by atoms with Gasteiger partial charge in [0.05, 0.1) is 36.1 Å². The third-order valence-electron chi connectivity index (χ3n) is 6.73. The molecule has 9 heteroatoms. The van der Waals surface area contributed by atoms with Crippen molar-refractivity contribution in [1.29, 1.82) is 0 Å². The average molecular weight is 551 g/mol. The molecule has 208 valence electrons. The SMILES string of the molecule is COCCNC(=O)CN1C(=O)CSC(c2ccccc2OC)c2c(C(C)(C)C)nn(-c3ccc(C)cc3C)c21. The number of nitrogens with one attached hydrogen (secondary N) is 1. The number of benzene rings is 2. The topological polar surface area (TPSA) is 85.7 Å². The molecule has 1 unspecified atom stereocenters. The smallest absolute Gasteiger partial charge is 0.240 e. The minimum atomic E-state index is -0.339. The van der Waals surface area contributed by atoms with Crippen LogP contribution in [-0.2, 0) is 19.7 Å². The van der Waals surface area contributed by atoms with Gasteiger partial charge in [-0.15, -0.1) is 11.8 Å². The summed E-state index contributed by atoms with van der Waals surface area (Å²) in [6.45, 7) is 11.1. The Labute approximate surface area is 235 Å². The van der Waals surface area contributed by atoms with E-state index in [1.807, 2.05) is 48.0 Å². The Morgan fingerprint density at radius 1 is 1.15 bits per heavy atom. The van der Waals surface area contributed by atoms with Gasteiger partial charge in [-0.2, -0.15) is 5.10 Å². The van der Waals surface area contributed by atoms with Crippen molar-refractivity contribution in [2.75, 3.05) is 44.6 Å². The van der Waals surface area contributed by atoms with E-state index in [1.165, 1.54) is 11.8 Å². The van der Waals surface area contributed by atoms with Gasteiger partial charge in [0.2, 0.25) is 11.8 Å². The molecule has 0 fully saturated rings. The molecule has 2 amide bonds. The molecule has 1 aliphatic heterocycles. The number of rotatable bonds is 8. The summed E-state index contributed by atoms with van der Waals surface area (Å²) in [5, 5.41) is 7.82. The lowest BCUT2D eigenvalue weighted by Crippen LogP contribution is -2.43. The van der Waals surface area contributed by atoms with Crippen molar-refractivity contribution in [3.63, 3.8) is 0 Å². The number of anilines is 1. The Morgan fingerprint density at radius 3 is 2.56 bits per heavy atom. The van der Waals surface area contributed by atoms with E-state index in [-0.39, 0.29) is 34.8 Å². The van der Waals surface area contributed by atoms with Crippen LogP contribution in [0.4, 0.5) is 5.82 Å². The van der Waals surface area contributed by atoms with Gasteiger partial charge in [0.1, 0.15) is 18.1 Å². The predicted octanol–water partition coefficient (Wildman–Crippen LogP) is 4.73. The van der Waals surface area contributed by atoms with Crippen LogP contribution in [0, 0.1) is 13.8 Å². The summed E-state index contributed by atoms with van der Waals surface area (Å²) in [4.78, 5) is 28.4. The first kappa shape index (κ1) is 28.7. The maximum atomic E-state index is 13.8. The third-order valence-corrected chi connectivity index (χ3v) is 7.97. The number of carbonyl (C=O) groups is 2. The van der Waals surface area contributed by atoms with Crippen LogP contribution in [0.15, 0.2) is 42.5 Å². The number of hydrogen-bond acceptors (Lipinski definition) is 6. The van der Waals surface area contributed by atoms with Gasteiger partial charge < -0.3 is 14.8 Å². The predicted molar refractivity (Wildman–Crippen MR) is 156 cm³/mol. The number of ether oxygens (including phenoxy) is 2. The van der Waals surface area contributed by atoms with Crippen LogP contribution in [0.3, 0.4) is 0 Å². The third kappa shape index (κ3) is 5.99. The number of hydrogen-bond donors (Lipinski definition) is 1. The van der Waals surface area contributed by atoms with Crippen LogP contribution in [-0.4, -0.2) is 61.3 Å². The van der Waals surface area contributed by atoms with Crippen molar-refractivity contribution in [2.45, 2.75) is 45.3 Å². The highest BCUT2D eigenvalue weighted by Gasteiger charge is 2.40. The van der Waals surface area contributed by atoms with Crippen LogP contribution in [0.25, 0.3) is 5.69 Å². The fourth-order valence-electron chi connectivity index (χ4n) is 4.90. The molecule has 39 heavy (non-hydrogen) atoms. The van der Waals surface area contributed by atoms with E-state index in [9.17, 15) is 9.59 Å². The monoisotopic (exact) mass is 550 g/mol. The molecule has 0 radical (unpaired) electrons. The number of methoxy groups -OCH3 is 2. The zero-order chi connectivity index (χ0) is 28.3. The first-order valence-corrected chi connectivity index (χ1v) is 14.1. The maximum Gasteiger partial charge on any atom is 0.240 e. The van der Waals surface area contributed by atoms with Gasteiger partial charge in [-0.3, -0.25) is 14.5 Å². The summed E-state index contributed by atoms with van der Waals surface area (Å²) in [6, 6.07) is 14.1. The highest BCUT2D eigenvalue weighted by Crippen LogP contribution is 2.50. The summed E-state index contributed by atoms with van der Waals surface area (Å²) in [7, 11) is 3.25. The van der Waals surface area contributed by atoms with E-state index >= 15 is 0 Å². The van der Waals surface area contributed by atoms with Gasteiger partial charge in [0, 0.05) is 30.2 Å². The first-order valence-electron chi connectivity index (χ1n) is 13.1. The molecule has 1 N–H and O–H groups in total. The second-order valence-electron chi connectivity index (χ2n) is 10.8. The molecule has 8 nitrogen and oxygen atoms in total. The largest absolute Gasteiger partial charge is 0.496 e. The standard InChI is InChI=1S/C30H38N4O4S/c1-19-12-13-22(20(2)16-19)34-29-26(28(32-34)30(3,4)5)27(21-10-8-9-11-23(21)38-7)39-18-25(36)33(29)17-24(35)31-14-15-37-6/h8-13,16,27H,14-15,17-18H2,1-7H3,(H,31,35). The van der Waals surface area contributed by atoms with Crippen molar-refractivity contribution in [3.05, 3.63) is 70.4 Å². The number of nitrogens with zero attached hydrogens (tertiary/aromatic N) is 3. The average Bonchev–Trinajstić information content (AvgIpc) is 3.22. The van der Waals surface area contributed by atoms with Crippen LogP contribution in [0.5, 0.6) is 5.75 Å². The summed E-state index contributed by atoms with van der Waals surface area (Å²) in [6.07, 6.45) is 0. The molecule has 1 aromatic heterocycles. The highest BCUT2D eigenvalue weighted by atomic mass is 32.2. The van der Waals surface area contributed by atoms with E-state index in [4.69, 9.17) is 14.6 Å². The van der Waals surface area contributed by atoms with Crippen molar-refractivity contribution in [3.8, 4) is 11.4 Å². The van der Waals surface area contributed by atoms with E-state index in [0.29, 0.717) is 19.0 Å². The van der Waals surface area contributed by atoms with Gasteiger partial charge in [0.25, 0.3) is 0 Å². The number of para-hydroxylation sites is 1. The maximum absolute atomic E-state index is 13.8. The van der Waals surface area contributed by atoms with Crippen LogP contribution in [0.1, 0.15) is 54.0 Å². The molecular formula is C30H38N4O4S. The van der Waals surface area contributed by atoms with Gasteiger partial charge in [-0.25, -0.2) is 4.68 Å². The Bertz CT molecular complexity index is 1360. The van der Waals surface area contributed by atoms with Gasteiger partial charge >= 0.3 is 0 Å². The Kier molecular flexibility index (Phi) is 8.71. The lowest BCUT2D eigenvalue weighted by molar-refractivity contribution is -0.123. The highest BCUT2D eigenvalue weighted by molar-refractivity contribution is 8.00. The van der Waals surface area contributed by atoms with E-state index in [2.05, 4.69) is 39.1 Å². The summed E-state index contributed by atoms with van der Waals surface area (Å²) < 4.78 is 12.7. The zero-order valence-electron chi connectivity index (χ0n) is 23.8. The minimum absolute atomic E-state index is 0.116. The van der Waals surface area contributed by atoms with Gasteiger partial charge in [-0.1, -0.05) is 56.7 Å². The molecule has 0 saturated heterocycles. The molecule has 0 bridgehead atoms. The van der Waals surface area contributed by atoms with Crippen molar-refractivity contribution < 1.29 is 19.1 Å². The number of thioether (sulfide) groups is 1. The summed E-state index contributed by atoms with van der Waals surface area (Å²) in [5.74, 6) is 1.18. The normalized spacial score (nSPS) is 15.6.